The van der Waals surface area contributed by atoms with Gasteiger partial charge in [-0.15, -0.1) is 0 Å². The molecular formula is C17H20N4O. The van der Waals surface area contributed by atoms with Crippen LogP contribution < -0.4 is 10.2 Å². The summed E-state index contributed by atoms with van der Waals surface area (Å²) in [5.41, 5.74) is 1.16. The van der Waals surface area contributed by atoms with E-state index in [1.54, 1.807) is 6.07 Å². The molecule has 114 valence electrons. The van der Waals surface area contributed by atoms with Crippen LogP contribution in [0.3, 0.4) is 0 Å². The van der Waals surface area contributed by atoms with Gasteiger partial charge in [-0.2, -0.15) is 0 Å². The zero-order valence-electron chi connectivity index (χ0n) is 12.7. The molecule has 1 N–H and O–H groups in total. The molecule has 1 atom stereocenters. The number of hydrogen-bond acceptors (Lipinski definition) is 4. The van der Waals surface area contributed by atoms with Crippen molar-refractivity contribution in [3.8, 4) is 0 Å². The highest BCUT2D eigenvalue weighted by Gasteiger charge is 2.19. The van der Waals surface area contributed by atoms with Crippen molar-refractivity contribution in [2.75, 3.05) is 23.3 Å². The summed E-state index contributed by atoms with van der Waals surface area (Å²) in [6.07, 6.45) is 3.88. The van der Waals surface area contributed by atoms with Crippen LogP contribution in [0.5, 0.6) is 0 Å². The van der Waals surface area contributed by atoms with E-state index in [4.69, 9.17) is 0 Å². The molecule has 1 amide bonds. The molecule has 1 aliphatic heterocycles. The summed E-state index contributed by atoms with van der Waals surface area (Å²) in [5, 5.41) is 2.85. The molecule has 1 aliphatic rings. The first-order valence-electron chi connectivity index (χ1n) is 7.66. The quantitative estimate of drug-likeness (QED) is 0.946. The second-order valence-electron chi connectivity index (χ2n) is 5.78. The van der Waals surface area contributed by atoms with Crippen molar-refractivity contribution >= 4 is 17.4 Å². The second kappa shape index (κ2) is 6.56. The minimum atomic E-state index is -0.208. The lowest BCUT2D eigenvalue weighted by Gasteiger charge is -2.31. The number of piperidine rings is 1. The first kappa shape index (κ1) is 14.5. The van der Waals surface area contributed by atoms with Gasteiger partial charge in [-0.3, -0.25) is 4.79 Å². The topological polar surface area (TPSA) is 58.1 Å². The molecule has 2 heterocycles. The van der Waals surface area contributed by atoms with Gasteiger partial charge in [-0.1, -0.05) is 25.1 Å². The molecule has 1 fully saturated rings. The van der Waals surface area contributed by atoms with Crippen LogP contribution in [0.25, 0.3) is 0 Å². The Labute approximate surface area is 130 Å². The number of anilines is 2. The van der Waals surface area contributed by atoms with Crippen LogP contribution in [0.4, 0.5) is 11.5 Å². The molecule has 0 saturated carbocycles. The Kier molecular flexibility index (Phi) is 4.32. The molecule has 5 heteroatoms. The monoisotopic (exact) mass is 296 g/mol. The molecule has 1 saturated heterocycles. The number of para-hydroxylation sites is 1. The number of amides is 1. The first-order chi connectivity index (χ1) is 10.7. The molecule has 1 aromatic heterocycles. The maximum atomic E-state index is 12.3. The van der Waals surface area contributed by atoms with E-state index < -0.39 is 0 Å². The number of rotatable bonds is 3. The summed E-state index contributed by atoms with van der Waals surface area (Å²) in [5.74, 6) is 1.28. The molecule has 1 aromatic carbocycles. The molecule has 0 spiro atoms. The molecule has 0 bridgehead atoms. The number of nitrogens with zero attached hydrogens (tertiary/aromatic N) is 3. The third-order valence-corrected chi connectivity index (χ3v) is 3.90. The highest BCUT2D eigenvalue weighted by molar-refractivity contribution is 6.03. The first-order valence-corrected chi connectivity index (χ1v) is 7.66. The standard InChI is InChI=1S/C17H20N4O/c1-13-6-5-9-21(11-13)16-10-15(18-12-19-16)17(22)20-14-7-3-2-4-8-14/h2-4,7-8,10,12-13H,5-6,9,11H2,1H3,(H,20,22). The Hall–Kier alpha value is -2.43. The molecule has 0 aliphatic carbocycles. The van der Waals surface area contributed by atoms with E-state index in [0.717, 1.165) is 31.0 Å². The predicted octanol–water partition coefficient (Wildman–Crippen LogP) is 2.97. The average molecular weight is 296 g/mol. The number of aromatic nitrogens is 2. The highest BCUT2D eigenvalue weighted by Crippen LogP contribution is 2.21. The van der Waals surface area contributed by atoms with Crippen molar-refractivity contribution in [2.45, 2.75) is 19.8 Å². The maximum Gasteiger partial charge on any atom is 0.274 e. The minimum absolute atomic E-state index is 0.208. The summed E-state index contributed by atoms with van der Waals surface area (Å²) in [7, 11) is 0. The third kappa shape index (κ3) is 3.42. The smallest absolute Gasteiger partial charge is 0.274 e. The zero-order valence-corrected chi connectivity index (χ0v) is 12.7. The predicted molar refractivity (Wildman–Crippen MR) is 87.0 cm³/mol. The van der Waals surface area contributed by atoms with E-state index in [0.29, 0.717) is 11.6 Å². The van der Waals surface area contributed by atoms with Gasteiger partial charge in [-0.25, -0.2) is 9.97 Å². The maximum absolute atomic E-state index is 12.3. The van der Waals surface area contributed by atoms with Crippen LogP contribution in [0, 0.1) is 5.92 Å². The number of carbonyl (C=O) groups is 1. The Morgan fingerprint density at radius 2 is 2.09 bits per heavy atom. The van der Waals surface area contributed by atoms with E-state index in [1.165, 1.54) is 12.7 Å². The van der Waals surface area contributed by atoms with Gasteiger partial charge in [0.1, 0.15) is 17.8 Å². The van der Waals surface area contributed by atoms with Gasteiger partial charge >= 0.3 is 0 Å². The van der Waals surface area contributed by atoms with Gasteiger partial charge in [0.05, 0.1) is 0 Å². The zero-order chi connectivity index (χ0) is 15.4. The van der Waals surface area contributed by atoms with Crippen molar-refractivity contribution in [3.63, 3.8) is 0 Å². The molecule has 5 nitrogen and oxygen atoms in total. The van der Waals surface area contributed by atoms with Crippen LogP contribution in [0.15, 0.2) is 42.7 Å². The van der Waals surface area contributed by atoms with E-state index in [-0.39, 0.29) is 5.91 Å². The van der Waals surface area contributed by atoms with Crippen LogP contribution >= 0.6 is 0 Å². The van der Waals surface area contributed by atoms with Crippen molar-refractivity contribution in [1.82, 2.24) is 9.97 Å². The Balaban J connectivity index is 1.74. The van der Waals surface area contributed by atoms with Gasteiger partial charge in [-0.05, 0) is 30.9 Å². The van der Waals surface area contributed by atoms with Gasteiger partial charge in [0.2, 0.25) is 0 Å². The van der Waals surface area contributed by atoms with Crippen molar-refractivity contribution in [2.24, 2.45) is 5.92 Å². The summed E-state index contributed by atoms with van der Waals surface area (Å²) >= 11 is 0. The number of benzene rings is 1. The molecule has 2 aromatic rings. The fraction of sp³-hybridized carbons (Fsp3) is 0.353. The number of nitrogens with one attached hydrogen (secondary N) is 1. The van der Waals surface area contributed by atoms with E-state index in [1.807, 2.05) is 30.3 Å². The third-order valence-electron chi connectivity index (χ3n) is 3.90. The summed E-state index contributed by atoms with van der Waals surface area (Å²) in [6, 6.07) is 11.2. The van der Waals surface area contributed by atoms with E-state index >= 15 is 0 Å². The minimum Gasteiger partial charge on any atom is -0.356 e. The normalized spacial score (nSPS) is 18.0. The van der Waals surface area contributed by atoms with Crippen LogP contribution in [0.1, 0.15) is 30.3 Å². The summed E-state index contributed by atoms with van der Waals surface area (Å²) < 4.78 is 0. The summed E-state index contributed by atoms with van der Waals surface area (Å²) in [4.78, 5) is 22.9. The van der Waals surface area contributed by atoms with Gasteiger partial charge in [0.25, 0.3) is 5.91 Å². The molecule has 0 radical (unpaired) electrons. The van der Waals surface area contributed by atoms with Crippen molar-refractivity contribution < 1.29 is 4.79 Å². The summed E-state index contributed by atoms with van der Waals surface area (Å²) in [6.45, 7) is 4.22. The Morgan fingerprint density at radius 1 is 1.27 bits per heavy atom. The fourth-order valence-electron chi connectivity index (χ4n) is 2.76. The largest absolute Gasteiger partial charge is 0.356 e. The Bertz CT molecular complexity index is 644. The second-order valence-corrected chi connectivity index (χ2v) is 5.78. The molecule has 1 unspecified atom stereocenters. The van der Waals surface area contributed by atoms with Gasteiger partial charge < -0.3 is 10.2 Å². The van der Waals surface area contributed by atoms with E-state index in [9.17, 15) is 4.79 Å². The van der Waals surface area contributed by atoms with Gasteiger partial charge in [0.15, 0.2) is 0 Å². The fourth-order valence-corrected chi connectivity index (χ4v) is 2.76. The van der Waals surface area contributed by atoms with Gasteiger partial charge in [0, 0.05) is 24.8 Å². The van der Waals surface area contributed by atoms with Crippen LogP contribution in [-0.2, 0) is 0 Å². The SMILES string of the molecule is CC1CCCN(c2cc(C(=O)Nc3ccccc3)ncn2)C1. The lowest BCUT2D eigenvalue weighted by Crippen LogP contribution is -2.35. The lowest BCUT2D eigenvalue weighted by atomic mass is 10.0. The average Bonchev–Trinajstić information content (AvgIpc) is 2.56. The van der Waals surface area contributed by atoms with Crippen molar-refractivity contribution in [3.05, 3.63) is 48.4 Å². The van der Waals surface area contributed by atoms with Crippen LogP contribution in [-0.4, -0.2) is 29.0 Å². The highest BCUT2D eigenvalue weighted by atomic mass is 16.1. The molecular weight excluding hydrogens is 276 g/mol. The number of carbonyl (C=O) groups excluding carboxylic acids is 1. The van der Waals surface area contributed by atoms with E-state index in [2.05, 4.69) is 27.1 Å². The lowest BCUT2D eigenvalue weighted by molar-refractivity contribution is 0.102. The number of hydrogen-bond donors (Lipinski definition) is 1. The Morgan fingerprint density at radius 3 is 2.86 bits per heavy atom. The molecule has 22 heavy (non-hydrogen) atoms. The van der Waals surface area contributed by atoms with Crippen molar-refractivity contribution in [1.29, 1.82) is 0 Å². The van der Waals surface area contributed by atoms with Crippen LogP contribution in [0.2, 0.25) is 0 Å². The molecule has 3 rings (SSSR count).